The van der Waals surface area contributed by atoms with Crippen LogP contribution in [-0.4, -0.2) is 230 Å². The predicted molar refractivity (Wildman–Crippen MR) is 357 cm³/mol. The Bertz CT molecular complexity index is 3060. The van der Waals surface area contributed by atoms with Crippen LogP contribution >= 0.6 is 37.0 Å². The Hall–Kier alpha value is -8.62. The molecular formula is C57H91N19O16S3. The van der Waals surface area contributed by atoms with Gasteiger partial charge in [0, 0.05) is 61.1 Å². The second-order valence-electron chi connectivity index (χ2n) is 22.7. The number of carboxylic acid groups (broad SMARTS) is 2. The van der Waals surface area contributed by atoms with Gasteiger partial charge >= 0.3 is 11.9 Å². The summed E-state index contributed by atoms with van der Waals surface area (Å²) in [6.07, 6.45) is 1.75. The Morgan fingerprint density at radius 1 is 0.632 bits per heavy atom. The summed E-state index contributed by atoms with van der Waals surface area (Å²) >= 11 is 9.80. The minimum Gasteiger partial charge on any atom is -0.481 e. The fourth-order valence-corrected chi connectivity index (χ4v) is 10.8. The van der Waals surface area contributed by atoms with Crippen molar-refractivity contribution in [2.24, 2.45) is 50.3 Å². The van der Waals surface area contributed by atoms with Crippen molar-refractivity contribution in [1.29, 1.82) is 0 Å². The molecule has 1 aliphatic heterocycles. The lowest BCUT2D eigenvalue weighted by molar-refractivity contribution is -0.142. The van der Waals surface area contributed by atoms with Crippen molar-refractivity contribution in [3.63, 3.8) is 0 Å². The van der Waals surface area contributed by atoms with Gasteiger partial charge in [0.05, 0.1) is 19.1 Å². The van der Waals surface area contributed by atoms with E-state index in [1.165, 1.54) is 16.7 Å². The summed E-state index contributed by atoms with van der Waals surface area (Å²) in [5, 5.41) is 52.3. The van der Waals surface area contributed by atoms with Crippen molar-refractivity contribution in [3.8, 4) is 0 Å². The molecule has 1 saturated heterocycles. The number of aromatic amines is 1. The molecule has 0 radical (unpaired) electrons. The van der Waals surface area contributed by atoms with E-state index in [1.54, 1.807) is 32.4 Å². The second kappa shape index (κ2) is 41.3. The summed E-state index contributed by atoms with van der Waals surface area (Å²) in [5.74, 6) is -14.7. The zero-order chi connectivity index (χ0) is 71.1. The van der Waals surface area contributed by atoms with Crippen LogP contribution in [0.15, 0.2) is 40.4 Å². The van der Waals surface area contributed by atoms with Crippen LogP contribution in [0.3, 0.4) is 0 Å². The summed E-state index contributed by atoms with van der Waals surface area (Å²) in [4.78, 5) is 187. The van der Waals surface area contributed by atoms with Gasteiger partial charge in [0.2, 0.25) is 65.0 Å². The number of aromatic nitrogens is 1. The first-order chi connectivity index (χ1) is 44.9. The Balaban J connectivity index is 1.84. The van der Waals surface area contributed by atoms with E-state index in [4.69, 9.17) is 34.4 Å². The van der Waals surface area contributed by atoms with Crippen molar-refractivity contribution in [2.45, 2.75) is 157 Å². The van der Waals surface area contributed by atoms with Crippen LogP contribution in [-0.2, 0) is 68.7 Å². The van der Waals surface area contributed by atoms with E-state index in [0.717, 1.165) is 10.9 Å². The van der Waals surface area contributed by atoms with Crippen molar-refractivity contribution in [2.75, 3.05) is 49.8 Å². The quantitative estimate of drug-likeness (QED) is 0.0127. The largest absolute Gasteiger partial charge is 0.481 e. The van der Waals surface area contributed by atoms with Gasteiger partial charge < -0.3 is 107 Å². The van der Waals surface area contributed by atoms with Gasteiger partial charge in [-0.1, -0.05) is 32.0 Å². The fourth-order valence-electron chi connectivity index (χ4n) is 9.83. The molecule has 35 nitrogen and oxygen atoms in total. The van der Waals surface area contributed by atoms with E-state index >= 15 is 0 Å². The number of aliphatic carboxylic acids is 2. The molecule has 0 saturated carbocycles. The number of para-hydroxylation sites is 1. The van der Waals surface area contributed by atoms with Gasteiger partial charge in [-0.2, -0.15) is 37.0 Å². The Morgan fingerprint density at radius 2 is 1.14 bits per heavy atom. The zero-order valence-corrected chi connectivity index (χ0v) is 55.6. The highest BCUT2D eigenvalue weighted by molar-refractivity contribution is 7.98. The van der Waals surface area contributed by atoms with Crippen LogP contribution in [0.5, 0.6) is 0 Å². The van der Waals surface area contributed by atoms with Crippen LogP contribution in [0.1, 0.15) is 90.0 Å². The summed E-state index contributed by atoms with van der Waals surface area (Å²) in [6.45, 7) is 2.30. The first-order valence-corrected chi connectivity index (χ1v) is 33.1. The predicted octanol–water partition coefficient (Wildman–Crippen LogP) is -6.03. The second-order valence-corrected chi connectivity index (χ2v) is 24.4. The van der Waals surface area contributed by atoms with Crippen molar-refractivity contribution in [3.05, 3.63) is 36.0 Å². The van der Waals surface area contributed by atoms with Crippen molar-refractivity contribution < 1.29 is 77.6 Å². The fraction of sp³-hybridized carbons (Fsp3) is 0.596. The lowest BCUT2D eigenvalue weighted by Crippen LogP contribution is -2.61. The molecule has 0 spiro atoms. The molecule has 2 aromatic rings. The molecule has 38 heteroatoms. The molecule has 95 heavy (non-hydrogen) atoms. The number of amides is 11. The Labute approximate surface area is 563 Å². The van der Waals surface area contributed by atoms with Crippen LogP contribution in [0.2, 0.25) is 0 Å². The van der Waals surface area contributed by atoms with Crippen molar-refractivity contribution in [1.82, 2.24) is 57.7 Å². The monoisotopic (exact) mass is 1390 g/mol. The van der Waals surface area contributed by atoms with E-state index in [-0.39, 0.29) is 94.4 Å². The molecule has 1 fully saturated rings. The number of hydrogen-bond donors (Lipinski definition) is 21. The molecule has 1 aromatic carbocycles. The molecule has 1 aromatic heterocycles. The number of guanidine groups is 2. The van der Waals surface area contributed by atoms with Crippen LogP contribution < -0.4 is 82.3 Å². The molecular weight excluding hydrogens is 1300 g/mol. The number of carbonyl (C=O) groups is 13. The maximum atomic E-state index is 14.4. The number of thiol groups is 2. The SMILES string of the molecule is CSCC[C@H](NC(=O)[C@H](CS)NC(=O)[C@H](CCC(=O)O)NC(=O)[C@H](CC(C)C)NC(=O)[C@H](CC(N)=O)NC(=O)[C@H](CO)NC(=O)[C@H](CCCN=C(N)N)NC(=O)[C@@H]1CCCN1C(=O)[C@H](CS)NC(=O)[C@H](Cc1c[nH]c2ccccc12)NC(=O)[C@@H](N)CCCN=C(N)N)C(=O)O. The number of fused-ring (bicyclic) bond motifs is 1. The molecule has 25 N–H and O–H groups in total. The minimum atomic E-state index is -1.92. The number of carboxylic acids is 2. The molecule has 528 valence electrons. The van der Waals surface area contributed by atoms with Gasteiger partial charge in [0.1, 0.15) is 60.4 Å². The number of nitrogens with zero attached hydrogens (tertiary/aromatic N) is 3. The van der Waals surface area contributed by atoms with Gasteiger partial charge in [-0.3, -0.25) is 67.5 Å². The zero-order valence-electron chi connectivity index (χ0n) is 53.0. The van der Waals surface area contributed by atoms with E-state index in [0.29, 0.717) is 17.7 Å². The number of thioether (sulfide) groups is 1. The average Bonchev–Trinajstić information content (AvgIpc) is 1.74. The minimum absolute atomic E-state index is 0.0131. The first kappa shape index (κ1) is 80.6. The smallest absolute Gasteiger partial charge is 0.326 e. The van der Waals surface area contributed by atoms with E-state index in [1.807, 2.05) is 18.2 Å². The molecule has 2 heterocycles. The van der Waals surface area contributed by atoms with Crippen LogP contribution in [0.4, 0.5) is 0 Å². The summed E-state index contributed by atoms with van der Waals surface area (Å²) in [7, 11) is 0. The topological polar surface area (TPSA) is 591 Å². The van der Waals surface area contributed by atoms with Crippen LogP contribution in [0.25, 0.3) is 10.9 Å². The average molecular weight is 1390 g/mol. The maximum absolute atomic E-state index is 14.4. The lowest BCUT2D eigenvalue weighted by atomic mass is 10.0. The van der Waals surface area contributed by atoms with Gasteiger partial charge in [-0.25, -0.2) is 4.79 Å². The first-order valence-electron chi connectivity index (χ1n) is 30.4. The third-order valence-electron chi connectivity index (χ3n) is 14.8. The van der Waals surface area contributed by atoms with Gasteiger partial charge in [-0.05, 0) is 87.3 Å². The number of aliphatic imine (C=N–C) groups is 2. The molecule has 0 unspecified atom stereocenters. The van der Waals surface area contributed by atoms with E-state index in [9.17, 15) is 77.6 Å². The number of hydrogen-bond acceptors (Lipinski definition) is 20. The van der Waals surface area contributed by atoms with E-state index < -0.39 is 175 Å². The highest BCUT2D eigenvalue weighted by Crippen LogP contribution is 2.22. The number of H-pyrrole nitrogens is 1. The highest BCUT2D eigenvalue weighted by atomic mass is 32.2. The number of aliphatic hydroxyl groups excluding tert-OH is 1. The third-order valence-corrected chi connectivity index (χ3v) is 16.1. The Kier molecular flexibility index (Phi) is 35.0. The number of rotatable bonds is 43. The number of primary amides is 1. The molecule has 11 atom stereocenters. The highest BCUT2D eigenvalue weighted by Gasteiger charge is 2.41. The molecule has 11 amide bonds. The third kappa shape index (κ3) is 27.7. The van der Waals surface area contributed by atoms with Gasteiger partial charge in [0.25, 0.3) is 0 Å². The standard InChI is InChI=1S/C57H91N19O16S3/c1-28(2)21-36(48(84)67-34(14-15-44(79)80)47(83)74-40(26-93)52(88)69-35(55(91)92)16-20-95-3)71-50(86)38(23-43(59)78)72-51(87)39(25-77)73-46(82)33(12-7-18-65-57(62)63)68-53(89)42-13-8-19-76(42)54(90)41(27-94)75-49(85)37(22-29-24-66-32-11-5-4-9-30(29)32)70-45(81)31(58)10-6-17-64-56(60)61/h4-5,9,11,24,28,31,33-42,66,77,93-94H,6-8,10,12-23,25-27,58H2,1-3H3,(H2,59,78)(H,67,84)(H,68,89)(H,69,88)(H,70,81)(H,71,86)(H,72,87)(H,73,82)(H,74,83)(H,75,85)(H,79,80)(H,91,92)(H4,60,61,64)(H4,62,63,65)/t31-,33-,34-,35-,36-,37-,38-,39-,40-,41-,42-/m0/s1. The number of benzene rings is 1. The summed E-state index contributed by atoms with van der Waals surface area (Å²) < 4.78 is 0. The molecule has 1 aliphatic rings. The summed E-state index contributed by atoms with van der Waals surface area (Å²) in [6, 6.07) is -9.13. The Morgan fingerprint density at radius 3 is 1.72 bits per heavy atom. The normalized spacial score (nSPS) is 15.9. The lowest BCUT2D eigenvalue weighted by Gasteiger charge is -2.30. The number of nitrogens with two attached hydrogens (primary N) is 6. The number of aliphatic hydroxyl groups is 1. The number of likely N-dealkylation sites (tertiary alicyclic amines) is 1. The number of nitrogens with one attached hydrogen (secondary N) is 10. The maximum Gasteiger partial charge on any atom is 0.326 e. The van der Waals surface area contributed by atoms with E-state index in [2.05, 4.69) is 88.1 Å². The van der Waals surface area contributed by atoms with Crippen LogP contribution in [0, 0.1) is 5.92 Å². The van der Waals surface area contributed by atoms with Gasteiger partial charge in [-0.15, -0.1) is 0 Å². The van der Waals surface area contributed by atoms with Gasteiger partial charge in [0.15, 0.2) is 11.9 Å². The molecule has 0 bridgehead atoms. The molecule has 0 aliphatic carbocycles. The summed E-state index contributed by atoms with van der Waals surface area (Å²) in [5.41, 5.74) is 34.9. The number of carbonyl (C=O) groups excluding carboxylic acids is 11. The molecule has 3 rings (SSSR count). The van der Waals surface area contributed by atoms with Crippen molar-refractivity contribution >= 4 is 137 Å².